The third-order valence-electron chi connectivity index (χ3n) is 3.96. The van der Waals surface area contributed by atoms with Gasteiger partial charge in [-0.3, -0.25) is 14.7 Å². The number of methoxy groups -OCH3 is 1. The minimum absolute atomic E-state index is 0.110. The zero-order valence-electron chi connectivity index (χ0n) is 12.6. The van der Waals surface area contributed by atoms with Crippen molar-refractivity contribution in [3.63, 3.8) is 0 Å². The van der Waals surface area contributed by atoms with Crippen LogP contribution in [0.1, 0.15) is 23.3 Å². The van der Waals surface area contributed by atoms with Crippen molar-refractivity contribution >= 4 is 11.9 Å². The molecule has 2 N–H and O–H groups in total. The second kappa shape index (κ2) is 6.25. The van der Waals surface area contributed by atoms with Gasteiger partial charge in [0.2, 0.25) is 0 Å². The summed E-state index contributed by atoms with van der Waals surface area (Å²) >= 11 is 0. The topological polar surface area (TPSA) is 109 Å². The number of hydrogen-bond donors (Lipinski definition) is 2. The first-order valence-electron chi connectivity index (χ1n) is 7.23. The van der Waals surface area contributed by atoms with Crippen molar-refractivity contribution in [1.29, 1.82) is 0 Å². The highest BCUT2D eigenvalue weighted by Gasteiger charge is 2.37. The molecule has 1 fully saturated rings. The number of carboxylic acid groups (broad SMARTS) is 1. The van der Waals surface area contributed by atoms with Gasteiger partial charge in [-0.2, -0.15) is 5.10 Å². The van der Waals surface area contributed by atoms with Gasteiger partial charge >= 0.3 is 5.97 Å². The largest absolute Gasteiger partial charge is 0.481 e. The average Bonchev–Trinajstić information content (AvgIpc) is 3.25. The molecule has 0 bridgehead atoms. The highest BCUT2D eigenvalue weighted by Crippen LogP contribution is 2.25. The quantitative estimate of drug-likeness (QED) is 0.861. The van der Waals surface area contributed by atoms with Gasteiger partial charge in [-0.1, -0.05) is 0 Å². The minimum atomic E-state index is -0.942. The van der Waals surface area contributed by atoms with Crippen LogP contribution >= 0.6 is 0 Å². The van der Waals surface area contributed by atoms with E-state index in [9.17, 15) is 9.59 Å². The Morgan fingerprint density at radius 2 is 2.39 bits per heavy atom. The lowest BCUT2D eigenvalue weighted by molar-refractivity contribution is -0.138. The molecule has 1 amide bonds. The molecule has 8 nitrogen and oxygen atoms in total. The van der Waals surface area contributed by atoms with Crippen LogP contribution in [-0.4, -0.2) is 57.9 Å². The Morgan fingerprint density at radius 1 is 1.57 bits per heavy atom. The molecule has 8 heteroatoms. The number of nitrogens with zero attached hydrogens (tertiary/aromatic N) is 2. The Hall–Kier alpha value is -2.61. The molecule has 0 aliphatic carbocycles. The first-order valence-corrected chi connectivity index (χ1v) is 7.23. The number of rotatable bonds is 5. The van der Waals surface area contributed by atoms with Crippen molar-refractivity contribution in [2.24, 2.45) is 0 Å². The maximum absolute atomic E-state index is 12.6. The number of H-pyrrole nitrogens is 1. The normalized spacial score (nSPS) is 20.8. The average molecular weight is 319 g/mol. The molecule has 0 saturated carbocycles. The molecule has 0 radical (unpaired) electrons. The summed E-state index contributed by atoms with van der Waals surface area (Å²) in [6.07, 6.45) is 1.77. The number of carbonyl (C=O) groups excluding carboxylic acids is 1. The number of aromatic amines is 1. The van der Waals surface area contributed by atoms with Crippen molar-refractivity contribution < 1.29 is 23.8 Å². The third-order valence-corrected chi connectivity index (χ3v) is 3.96. The van der Waals surface area contributed by atoms with Gasteiger partial charge in [-0.15, -0.1) is 0 Å². The lowest BCUT2D eigenvalue weighted by Crippen LogP contribution is -2.37. The number of carbonyl (C=O) groups is 2. The monoisotopic (exact) mass is 319 g/mol. The Balaban J connectivity index is 1.79. The summed E-state index contributed by atoms with van der Waals surface area (Å²) in [4.78, 5) is 25.2. The van der Waals surface area contributed by atoms with E-state index < -0.39 is 12.0 Å². The standard InChI is InChI=1S/C15H17N3O5/c1-22-10-5-9(6-14(19)20)18(8-10)15(21)12-7-11(16-17-12)13-3-2-4-23-13/h2-4,7,9-10H,5-6,8H2,1H3,(H,16,17)(H,19,20). The van der Waals surface area contributed by atoms with E-state index in [1.165, 1.54) is 11.2 Å². The van der Waals surface area contributed by atoms with Gasteiger partial charge in [-0.25, -0.2) is 0 Å². The lowest BCUT2D eigenvalue weighted by atomic mass is 10.1. The predicted octanol–water partition coefficient (Wildman–Crippen LogP) is 1.37. The second-order valence-electron chi connectivity index (χ2n) is 5.45. The molecule has 0 aromatic carbocycles. The van der Waals surface area contributed by atoms with Crippen LogP contribution < -0.4 is 0 Å². The summed E-state index contributed by atoms with van der Waals surface area (Å²) in [5, 5.41) is 15.8. The number of likely N-dealkylation sites (tertiary alicyclic amines) is 1. The van der Waals surface area contributed by atoms with E-state index in [2.05, 4.69) is 10.2 Å². The summed E-state index contributed by atoms with van der Waals surface area (Å²) in [7, 11) is 1.56. The summed E-state index contributed by atoms with van der Waals surface area (Å²) in [5.41, 5.74) is 0.819. The van der Waals surface area contributed by atoms with E-state index in [1.807, 2.05) is 0 Å². The summed E-state index contributed by atoms with van der Waals surface area (Å²) in [5.74, 6) is -0.678. The fraction of sp³-hybridized carbons (Fsp3) is 0.400. The van der Waals surface area contributed by atoms with Gasteiger partial charge in [0.05, 0.1) is 18.8 Å². The summed E-state index contributed by atoms with van der Waals surface area (Å²) in [6, 6.07) is 4.70. The first-order chi connectivity index (χ1) is 11.1. The lowest BCUT2D eigenvalue weighted by Gasteiger charge is -2.22. The van der Waals surface area contributed by atoms with Crippen LogP contribution in [0.25, 0.3) is 11.5 Å². The summed E-state index contributed by atoms with van der Waals surface area (Å²) in [6.45, 7) is 0.357. The zero-order chi connectivity index (χ0) is 16.4. The highest BCUT2D eigenvalue weighted by atomic mass is 16.5. The van der Waals surface area contributed by atoms with Gasteiger partial charge in [0.15, 0.2) is 11.5 Å². The third kappa shape index (κ3) is 3.11. The molecule has 122 valence electrons. The van der Waals surface area contributed by atoms with E-state index in [0.29, 0.717) is 24.4 Å². The van der Waals surface area contributed by atoms with Crippen LogP contribution in [0.2, 0.25) is 0 Å². The molecule has 2 unspecified atom stereocenters. The first kappa shape index (κ1) is 15.3. The van der Waals surface area contributed by atoms with Crippen molar-refractivity contribution in [1.82, 2.24) is 15.1 Å². The van der Waals surface area contributed by atoms with E-state index >= 15 is 0 Å². The van der Waals surface area contributed by atoms with E-state index in [1.54, 1.807) is 25.3 Å². The number of nitrogens with one attached hydrogen (secondary N) is 1. The predicted molar refractivity (Wildman–Crippen MR) is 78.8 cm³/mol. The minimum Gasteiger partial charge on any atom is -0.481 e. The number of aromatic nitrogens is 2. The van der Waals surface area contributed by atoms with Gasteiger partial charge < -0.3 is 19.2 Å². The van der Waals surface area contributed by atoms with Crippen LogP contribution in [0.5, 0.6) is 0 Å². The number of amides is 1. The Bertz CT molecular complexity index is 694. The molecular formula is C15H17N3O5. The molecule has 2 aromatic heterocycles. The van der Waals surface area contributed by atoms with Crippen molar-refractivity contribution in [2.75, 3.05) is 13.7 Å². The maximum atomic E-state index is 12.6. The van der Waals surface area contributed by atoms with E-state index in [-0.39, 0.29) is 24.1 Å². The molecule has 0 spiro atoms. The van der Waals surface area contributed by atoms with Crippen LogP contribution in [0.3, 0.4) is 0 Å². The number of aliphatic carboxylic acids is 1. The number of ether oxygens (including phenoxy) is 1. The van der Waals surface area contributed by atoms with Gasteiger partial charge in [0.1, 0.15) is 5.69 Å². The van der Waals surface area contributed by atoms with Crippen LogP contribution in [0.15, 0.2) is 28.9 Å². The molecule has 3 heterocycles. The van der Waals surface area contributed by atoms with Gasteiger partial charge in [0, 0.05) is 25.8 Å². The van der Waals surface area contributed by atoms with E-state index in [4.69, 9.17) is 14.3 Å². The fourth-order valence-electron chi connectivity index (χ4n) is 2.82. The van der Waals surface area contributed by atoms with Crippen molar-refractivity contribution in [3.8, 4) is 11.5 Å². The molecule has 2 atom stereocenters. The second-order valence-corrected chi connectivity index (χ2v) is 5.45. The van der Waals surface area contributed by atoms with Crippen LogP contribution in [-0.2, 0) is 9.53 Å². The highest BCUT2D eigenvalue weighted by molar-refractivity contribution is 5.94. The van der Waals surface area contributed by atoms with Gasteiger partial charge in [0.25, 0.3) is 5.91 Å². The number of carboxylic acids is 1. The Morgan fingerprint density at radius 3 is 3.04 bits per heavy atom. The SMILES string of the molecule is COC1CC(CC(=O)O)N(C(=O)c2cc(-c3ccco3)[nH]n2)C1. The van der Waals surface area contributed by atoms with Crippen molar-refractivity contribution in [3.05, 3.63) is 30.2 Å². The van der Waals surface area contributed by atoms with Crippen molar-refractivity contribution in [2.45, 2.75) is 25.0 Å². The molecule has 3 rings (SSSR count). The maximum Gasteiger partial charge on any atom is 0.305 e. The molecule has 2 aromatic rings. The fourth-order valence-corrected chi connectivity index (χ4v) is 2.82. The molecule has 1 saturated heterocycles. The molecule has 23 heavy (non-hydrogen) atoms. The van der Waals surface area contributed by atoms with E-state index in [0.717, 1.165) is 0 Å². The van der Waals surface area contributed by atoms with Crippen LogP contribution in [0.4, 0.5) is 0 Å². The Labute approximate surface area is 132 Å². The molecule has 1 aliphatic heterocycles. The zero-order valence-corrected chi connectivity index (χ0v) is 12.6. The smallest absolute Gasteiger partial charge is 0.305 e. The molecule has 1 aliphatic rings. The Kier molecular flexibility index (Phi) is 4.16. The van der Waals surface area contributed by atoms with Crippen LogP contribution in [0, 0.1) is 0 Å². The summed E-state index contributed by atoms with van der Waals surface area (Å²) < 4.78 is 10.5. The number of hydrogen-bond acceptors (Lipinski definition) is 5. The van der Waals surface area contributed by atoms with Gasteiger partial charge in [-0.05, 0) is 18.6 Å². The number of furan rings is 1. The molecular weight excluding hydrogens is 302 g/mol.